The number of rotatable bonds is 3. The monoisotopic (exact) mass is 295 g/mol. The fraction of sp³-hybridized carbons (Fsp3) is 0.667. The van der Waals surface area contributed by atoms with Gasteiger partial charge in [0.15, 0.2) is 0 Å². The van der Waals surface area contributed by atoms with Crippen molar-refractivity contribution in [2.24, 2.45) is 5.73 Å². The summed E-state index contributed by atoms with van der Waals surface area (Å²) in [6.45, 7) is 0. The Balaban J connectivity index is 1.72. The smallest absolute Gasteiger partial charge is 0.268 e. The summed E-state index contributed by atoms with van der Waals surface area (Å²) in [6.07, 6.45) is 9.62. The van der Waals surface area contributed by atoms with Crippen LogP contribution in [-0.4, -0.2) is 22.6 Å². The molecular formula is C15H22ClN3O. The van der Waals surface area contributed by atoms with Gasteiger partial charge in [-0.25, -0.2) is 0 Å². The standard InChI is InChI=1S/C15H22ClN3O/c16-10-8-14(19(9-10)11-6-7-11)15(20)18-13-5-3-1-2-4-12(13)17/h8-9,11-13H,1-7,17H2,(H,18,20). The van der Waals surface area contributed by atoms with Gasteiger partial charge in [-0.2, -0.15) is 0 Å². The van der Waals surface area contributed by atoms with Gasteiger partial charge in [0, 0.05) is 24.3 Å². The zero-order chi connectivity index (χ0) is 14.1. The van der Waals surface area contributed by atoms with E-state index in [1.807, 2.05) is 10.8 Å². The van der Waals surface area contributed by atoms with Crippen LogP contribution in [0.2, 0.25) is 5.02 Å². The van der Waals surface area contributed by atoms with Crippen molar-refractivity contribution < 1.29 is 4.79 Å². The highest BCUT2D eigenvalue weighted by atomic mass is 35.5. The molecule has 3 N–H and O–H groups in total. The summed E-state index contributed by atoms with van der Waals surface area (Å²) in [7, 11) is 0. The van der Waals surface area contributed by atoms with Crippen LogP contribution >= 0.6 is 11.6 Å². The summed E-state index contributed by atoms with van der Waals surface area (Å²) < 4.78 is 2.01. The third-order valence-electron chi connectivity index (χ3n) is 4.37. The van der Waals surface area contributed by atoms with E-state index < -0.39 is 0 Å². The van der Waals surface area contributed by atoms with E-state index >= 15 is 0 Å². The number of halogens is 1. The zero-order valence-electron chi connectivity index (χ0n) is 11.6. The first-order valence-corrected chi connectivity index (χ1v) is 7.97. The van der Waals surface area contributed by atoms with Crippen LogP contribution in [-0.2, 0) is 0 Å². The van der Waals surface area contributed by atoms with Crippen LogP contribution in [0.15, 0.2) is 12.3 Å². The minimum atomic E-state index is -0.0360. The van der Waals surface area contributed by atoms with Crippen LogP contribution in [0.3, 0.4) is 0 Å². The van der Waals surface area contributed by atoms with E-state index in [4.69, 9.17) is 17.3 Å². The van der Waals surface area contributed by atoms with Gasteiger partial charge in [-0.3, -0.25) is 4.79 Å². The highest BCUT2D eigenvalue weighted by Crippen LogP contribution is 2.37. The second-order valence-corrected chi connectivity index (χ2v) is 6.50. The molecule has 0 spiro atoms. The molecule has 5 heteroatoms. The van der Waals surface area contributed by atoms with Gasteiger partial charge < -0.3 is 15.6 Å². The normalized spacial score (nSPS) is 27.1. The number of hydrogen-bond donors (Lipinski definition) is 2. The second-order valence-electron chi connectivity index (χ2n) is 6.06. The van der Waals surface area contributed by atoms with Gasteiger partial charge >= 0.3 is 0 Å². The number of nitrogens with zero attached hydrogens (tertiary/aromatic N) is 1. The lowest BCUT2D eigenvalue weighted by atomic mass is 10.0. The minimum absolute atomic E-state index is 0.0360. The van der Waals surface area contributed by atoms with Crippen molar-refractivity contribution >= 4 is 17.5 Å². The third kappa shape index (κ3) is 3.01. The average molecular weight is 296 g/mol. The largest absolute Gasteiger partial charge is 0.346 e. The Kier molecular flexibility index (Phi) is 4.03. The molecule has 0 aliphatic heterocycles. The Morgan fingerprint density at radius 2 is 2.00 bits per heavy atom. The van der Waals surface area contributed by atoms with Crippen LogP contribution in [0, 0.1) is 0 Å². The van der Waals surface area contributed by atoms with Gasteiger partial charge in [0.05, 0.1) is 5.02 Å². The van der Waals surface area contributed by atoms with E-state index in [2.05, 4.69) is 5.32 Å². The first-order chi connectivity index (χ1) is 9.65. The number of amides is 1. The number of carbonyl (C=O) groups excluding carboxylic acids is 1. The first-order valence-electron chi connectivity index (χ1n) is 7.59. The lowest BCUT2D eigenvalue weighted by Crippen LogP contribution is -2.47. The summed E-state index contributed by atoms with van der Waals surface area (Å²) >= 11 is 6.05. The quantitative estimate of drug-likeness (QED) is 0.842. The van der Waals surface area contributed by atoms with Crippen molar-refractivity contribution in [1.82, 2.24) is 9.88 Å². The molecule has 2 atom stereocenters. The molecular weight excluding hydrogens is 274 g/mol. The summed E-state index contributed by atoms with van der Waals surface area (Å²) in [5.41, 5.74) is 6.85. The predicted octanol–water partition coefficient (Wildman–Crippen LogP) is 2.87. The fourth-order valence-corrected chi connectivity index (χ4v) is 3.25. The van der Waals surface area contributed by atoms with Crippen molar-refractivity contribution in [2.75, 3.05) is 0 Å². The molecule has 2 aliphatic carbocycles. The molecule has 20 heavy (non-hydrogen) atoms. The summed E-state index contributed by atoms with van der Waals surface area (Å²) in [5.74, 6) is -0.0360. The molecule has 2 unspecified atom stereocenters. The maximum absolute atomic E-state index is 12.5. The lowest BCUT2D eigenvalue weighted by molar-refractivity contribution is 0.0919. The van der Waals surface area contributed by atoms with E-state index in [0.717, 1.165) is 38.5 Å². The Morgan fingerprint density at radius 3 is 2.75 bits per heavy atom. The van der Waals surface area contributed by atoms with Crippen LogP contribution in [0.4, 0.5) is 0 Å². The van der Waals surface area contributed by atoms with Crippen LogP contribution in [0.5, 0.6) is 0 Å². The molecule has 2 aliphatic rings. The maximum atomic E-state index is 12.5. The molecule has 0 aromatic carbocycles. The Morgan fingerprint density at radius 1 is 1.25 bits per heavy atom. The van der Waals surface area contributed by atoms with Crippen LogP contribution in [0.25, 0.3) is 0 Å². The van der Waals surface area contributed by atoms with Crippen molar-refractivity contribution in [3.8, 4) is 0 Å². The van der Waals surface area contributed by atoms with E-state index in [0.29, 0.717) is 16.8 Å². The van der Waals surface area contributed by atoms with Crippen molar-refractivity contribution in [3.05, 3.63) is 23.0 Å². The van der Waals surface area contributed by atoms with Gasteiger partial charge in [-0.05, 0) is 31.7 Å². The van der Waals surface area contributed by atoms with Crippen LogP contribution < -0.4 is 11.1 Å². The van der Waals surface area contributed by atoms with Gasteiger partial charge in [0.2, 0.25) is 0 Å². The maximum Gasteiger partial charge on any atom is 0.268 e. The molecule has 1 aromatic heterocycles. The second kappa shape index (κ2) is 5.78. The SMILES string of the molecule is NC1CCCCCC1NC(=O)c1cc(Cl)cn1C1CC1. The number of nitrogens with one attached hydrogen (secondary N) is 1. The molecule has 2 saturated carbocycles. The van der Waals surface area contributed by atoms with Crippen molar-refractivity contribution in [3.63, 3.8) is 0 Å². The van der Waals surface area contributed by atoms with E-state index in [1.54, 1.807) is 6.07 Å². The number of carbonyl (C=O) groups is 1. The van der Waals surface area contributed by atoms with E-state index in [9.17, 15) is 4.79 Å². The van der Waals surface area contributed by atoms with Gasteiger partial charge in [-0.15, -0.1) is 0 Å². The molecule has 0 bridgehead atoms. The molecule has 0 radical (unpaired) electrons. The summed E-state index contributed by atoms with van der Waals surface area (Å²) in [5, 5.41) is 3.75. The Hall–Kier alpha value is -1.00. The predicted molar refractivity (Wildman–Crippen MR) is 80.0 cm³/mol. The minimum Gasteiger partial charge on any atom is -0.346 e. The zero-order valence-corrected chi connectivity index (χ0v) is 12.4. The average Bonchev–Trinajstić information content (AvgIpc) is 3.20. The molecule has 3 rings (SSSR count). The molecule has 0 saturated heterocycles. The number of aromatic nitrogens is 1. The molecule has 2 fully saturated rings. The third-order valence-corrected chi connectivity index (χ3v) is 4.58. The lowest BCUT2D eigenvalue weighted by Gasteiger charge is -2.23. The van der Waals surface area contributed by atoms with E-state index in [-0.39, 0.29) is 18.0 Å². The first kappa shape index (κ1) is 14.0. The molecule has 1 amide bonds. The number of hydrogen-bond acceptors (Lipinski definition) is 2. The highest BCUT2D eigenvalue weighted by molar-refractivity contribution is 6.31. The van der Waals surface area contributed by atoms with Gasteiger partial charge in [0.25, 0.3) is 5.91 Å². The fourth-order valence-electron chi connectivity index (χ4n) is 3.04. The van der Waals surface area contributed by atoms with Crippen molar-refractivity contribution in [1.29, 1.82) is 0 Å². The van der Waals surface area contributed by atoms with Gasteiger partial charge in [0.1, 0.15) is 5.69 Å². The molecule has 4 nitrogen and oxygen atoms in total. The van der Waals surface area contributed by atoms with Gasteiger partial charge in [-0.1, -0.05) is 30.9 Å². The topological polar surface area (TPSA) is 60.0 Å². The molecule has 1 heterocycles. The van der Waals surface area contributed by atoms with Crippen LogP contribution in [0.1, 0.15) is 61.5 Å². The highest BCUT2D eigenvalue weighted by Gasteiger charge is 2.29. The summed E-state index contributed by atoms with van der Waals surface area (Å²) in [4.78, 5) is 12.5. The number of nitrogens with two attached hydrogens (primary N) is 1. The summed E-state index contributed by atoms with van der Waals surface area (Å²) in [6, 6.07) is 2.37. The Labute approximate surface area is 124 Å². The van der Waals surface area contributed by atoms with E-state index in [1.165, 1.54) is 6.42 Å². The van der Waals surface area contributed by atoms with Crippen molar-refractivity contribution in [2.45, 2.75) is 63.1 Å². The molecule has 1 aromatic rings. The Bertz CT molecular complexity index is 495. The molecule has 110 valence electrons.